The molecule has 0 radical (unpaired) electrons. The molecule has 14 heavy (non-hydrogen) atoms. The average Bonchev–Trinajstić information content (AvgIpc) is 2.87. The molecular formula is C12H8BrN. The van der Waals surface area contributed by atoms with E-state index in [-0.39, 0.29) is 63.2 Å². The molecule has 0 aliphatic carbocycles. The molecule has 2 heteroatoms. The largest absolute Gasteiger partial charge is 0.354 e. The summed E-state index contributed by atoms with van der Waals surface area (Å²) in [4.78, 5) is 2.80. The van der Waals surface area contributed by atoms with Gasteiger partial charge in [0.1, 0.15) is 0 Å². The molecule has 0 amide bonds. The molecule has 2 aromatic carbocycles. The van der Waals surface area contributed by atoms with Crippen LogP contribution in [0.15, 0.2) is 46.8 Å². The highest BCUT2D eigenvalue weighted by atomic mass is 79.9. The van der Waals surface area contributed by atoms with Gasteiger partial charge in [-0.3, -0.25) is 0 Å². The third kappa shape index (κ3) is 1.01. The molecule has 0 aliphatic heterocycles. The summed E-state index contributed by atoms with van der Waals surface area (Å²) in [6.45, 7) is 0. The second kappa shape index (κ2) is 2.85. The Morgan fingerprint density at radius 3 is 2.71 bits per heavy atom. The molecule has 0 atom stereocenters. The van der Waals surface area contributed by atoms with Crippen LogP contribution in [0.5, 0.6) is 0 Å². The summed E-state index contributed by atoms with van der Waals surface area (Å²) in [5.74, 6) is 0. The zero-order valence-corrected chi connectivity index (χ0v) is 8.46. The molecule has 0 saturated heterocycles. The summed E-state index contributed by atoms with van der Waals surface area (Å²) >= 11 is 3.20. The van der Waals surface area contributed by atoms with Crippen LogP contribution < -0.4 is 0 Å². The molecule has 0 unspecified atom stereocenters. The van der Waals surface area contributed by atoms with Crippen LogP contribution in [0.3, 0.4) is 0 Å². The van der Waals surface area contributed by atoms with Crippen LogP contribution in [0, 0.1) is 0 Å². The van der Waals surface area contributed by atoms with Gasteiger partial charge < -0.3 is 4.98 Å². The highest BCUT2D eigenvalue weighted by Gasteiger charge is 2.05. The zero-order chi connectivity index (χ0) is 15.6. The van der Waals surface area contributed by atoms with Crippen molar-refractivity contribution >= 4 is 37.7 Å². The van der Waals surface area contributed by atoms with Crippen LogP contribution in [-0.4, -0.2) is 4.98 Å². The maximum Gasteiger partial charge on any atom is 0.0645 e. The number of hydrogen-bond donors (Lipinski definition) is 1. The van der Waals surface area contributed by atoms with Crippen LogP contribution in [0.2, 0.25) is 0 Å². The Bertz CT molecular complexity index is 857. The highest BCUT2D eigenvalue weighted by molar-refractivity contribution is 9.10. The number of aromatic amines is 1. The first-order valence-electron chi connectivity index (χ1n) is 7.44. The first-order valence-corrected chi connectivity index (χ1v) is 4.73. The van der Waals surface area contributed by atoms with E-state index in [4.69, 9.17) is 9.60 Å². The van der Waals surface area contributed by atoms with Gasteiger partial charge in [-0.15, -0.1) is 0 Å². The lowest BCUT2D eigenvalue weighted by Crippen LogP contribution is -1.68. The van der Waals surface area contributed by atoms with Gasteiger partial charge in [-0.05, 0) is 18.1 Å². The average molecular weight is 253 g/mol. The molecule has 0 bridgehead atoms. The quantitative estimate of drug-likeness (QED) is 0.621. The van der Waals surface area contributed by atoms with E-state index in [1.807, 2.05) is 0 Å². The van der Waals surface area contributed by atoms with Crippen LogP contribution >= 0.6 is 15.9 Å². The Hall–Kier alpha value is -1.28. The minimum atomic E-state index is -0.367. The summed E-state index contributed by atoms with van der Waals surface area (Å²) < 4.78 is 55.1. The zero-order valence-electron chi connectivity index (χ0n) is 13.9. The molecule has 1 N–H and O–H groups in total. The van der Waals surface area contributed by atoms with Gasteiger partial charge in [-0.2, -0.15) is 0 Å². The van der Waals surface area contributed by atoms with Gasteiger partial charge >= 0.3 is 0 Å². The Morgan fingerprint density at radius 1 is 1.00 bits per heavy atom. The van der Waals surface area contributed by atoms with Crippen molar-refractivity contribution in [2.24, 2.45) is 0 Å². The smallest absolute Gasteiger partial charge is 0.0645 e. The minimum Gasteiger partial charge on any atom is -0.354 e. The van der Waals surface area contributed by atoms with Gasteiger partial charge in [0.15, 0.2) is 0 Å². The second-order valence-electron chi connectivity index (χ2n) is 2.81. The highest BCUT2D eigenvalue weighted by Crippen LogP contribution is 2.30. The molecule has 0 saturated carbocycles. The van der Waals surface area contributed by atoms with Crippen molar-refractivity contribution in [1.82, 2.24) is 4.98 Å². The Labute approximate surface area is 99.7 Å². The number of para-hydroxylation sites is 1. The number of benzene rings is 2. The first kappa shape index (κ1) is 3.70. The maximum atomic E-state index is 8.01. The molecule has 1 heterocycles. The van der Waals surface area contributed by atoms with Crippen LogP contribution in [0.1, 0.15) is 9.60 Å². The number of fused-ring (bicyclic) bond motifs is 3. The second-order valence-corrected chi connectivity index (χ2v) is 3.61. The van der Waals surface area contributed by atoms with E-state index in [0.717, 1.165) is 0 Å². The number of rotatable bonds is 0. The molecule has 0 aliphatic rings. The van der Waals surface area contributed by atoms with Gasteiger partial charge in [0.25, 0.3) is 0 Å². The van der Waals surface area contributed by atoms with Crippen LogP contribution in [0.4, 0.5) is 0 Å². The van der Waals surface area contributed by atoms with E-state index >= 15 is 0 Å². The van der Waals surface area contributed by atoms with Crippen molar-refractivity contribution in [3.63, 3.8) is 0 Å². The number of H-pyrrole nitrogens is 1. The molecule has 0 spiro atoms. The minimum absolute atomic E-state index is 0.176. The standard InChI is InChI=1S/C12H8BrN/c13-9-5-3-7-11-12(9)8-4-1-2-6-10(8)14-11/h1-7,14H/i1D,2D,3D,4D,5D,6D,7D. The van der Waals surface area contributed by atoms with Crippen molar-refractivity contribution in [2.45, 2.75) is 0 Å². The van der Waals surface area contributed by atoms with Gasteiger partial charge in [0.2, 0.25) is 0 Å². The molecular weight excluding hydrogens is 238 g/mol. The lowest BCUT2D eigenvalue weighted by atomic mass is 10.2. The molecule has 3 aromatic rings. The molecule has 3 rings (SSSR count). The van der Waals surface area contributed by atoms with Gasteiger partial charge in [0, 0.05) is 26.3 Å². The Kier molecular flexibility index (Phi) is 0.755. The van der Waals surface area contributed by atoms with E-state index in [9.17, 15) is 0 Å². The predicted octanol–water partition coefficient (Wildman–Crippen LogP) is 4.08. The van der Waals surface area contributed by atoms with Crippen molar-refractivity contribution in [3.05, 3.63) is 46.8 Å². The summed E-state index contributed by atoms with van der Waals surface area (Å²) in [5.41, 5.74) is 0.403. The number of aromatic nitrogens is 1. The normalized spacial score (nSPS) is 18.2. The third-order valence-electron chi connectivity index (χ3n) is 2.02. The maximum absolute atomic E-state index is 8.01. The fraction of sp³-hybridized carbons (Fsp3) is 0. The number of hydrogen-bond acceptors (Lipinski definition) is 0. The summed E-state index contributed by atoms with van der Waals surface area (Å²) in [6, 6.07) is -1.84. The summed E-state index contributed by atoms with van der Waals surface area (Å²) in [7, 11) is 0. The summed E-state index contributed by atoms with van der Waals surface area (Å²) in [6.07, 6.45) is 0. The van der Waals surface area contributed by atoms with Crippen molar-refractivity contribution < 1.29 is 9.60 Å². The third-order valence-corrected chi connectivity index (χ3v) is 2.61. The predicted molar refractivity (Wildman–Crippen MR) is 63.5 cm³/mol. The van der Waals surface area contributed by atoms with Gasteiger partial charge in [-0.25, -0.2) is 0 Å². The molecule has 1 nitrogen and oxygen atoms in total. The fourth-order valence-electron chi connectivity index (χ4n) is 1.43. The molecule has 0 fully saturated rings. The van der Waals surface area contributed by atoms with Crippen molar-refractivity contribution in [1.29, 1.82) is 0 Å². The van der Waals surface area contributed by atoms with Crippen molar-refractivity contribution in [2.75, 3.05) is 0 Å². The topological polar surface area (TPSA) is 15.8 Å². The first-order chi connectivity index (χ1) is 9.77. The SMILES string of the molecule is [2H]c1c([2H])c([2H])c2c([nH]c3c([2H])c([2H])c([2H])c(Br)c32)c1[2H]. The van der Waals surface area contributed by atoms with E-state index in [1.165, 1.54) is 0 Å². The van der Waals surface area contributed by atoms with E-state index in [2.05, 4.69) is 20.9 Å². The van der Waals surface area contributed by atoms with Gasteiger partial charge in [0.05, 0.1) is 9.60 Å². The monoisotopic (exact) mass is 252 g/mol. The summed E-state index contributed by atoms with van der Waals surface area (Å²) in [5, 5.41) is 0.563. The van der Waals surface area contributed by atoms with Crippen molar-refractivity contribution in [3.8, 4) is 0 Å². The van der Waals surface area contributed by atoms with Crippen LogP contribution in [0.25, 0.3) is 21.8 Å². The lowest BCUT2D eigenvalue weighted by Gasteiger charge is -1.93. The van der Waals surface area contributed by atoms with Gasteiger partial charge in [-0.1, -0.05) is 40.1 Å². The molecule has 1 aromatic heterocycles. The van der Waals surface area contributed by atoms with E-state index in [1.54, 1.807) is 0 Å². The van der Waals surface area contributed by atoms with Crippen LogP contribution in [-0.2, 0) is 0 Å². The number of halogens is 1. The Morgan fingerprint density at radius 2 is 1.79 bits per heavy atom. The van der Waals surface area contributed by atoms with E-state index in [0.29, 0.717) is 5.39 Å². The van der Waals surface area contributed by atoms with E-state index < -0.39 is 0 Å². The fourth-order valence-corrected chi connectivity index (χ4v) is 1.93. The Balaban J connectivity index is 2.73. The molecule has 68 valence electrons. The number of nitrogens with one attached hydrogen (secondary N) is 1. The lowest BCUT2D eigenvalue weighted by molar-refractivity contribution is 1.54.